The molecule has 0 radical (unpaired) electrons. The van der Waals surface area contributed by atoms with Gasteiger partial charge in [-0.2, -0.15) is 0 Å². The molecule has 100 valence electrons. The SMILES string of the molecule is CCC1CN(c2ccc(CN)c(Br)c2)CCN1C. The quantitative estimate of drug-likeness (QED) is 0.930. The molecule has 1 atom stereocenters. The van der Waals surface area contributed by atoms with E-state index < -0.39 is 0 Å². The summed E-state index contributed by atoms with van der Waals surface area (Å²) >= 11 is 3.60. The first-order valence-corrected chi connectivity index (χ1v) is 7.38. The molecule has 1 heterocycles. The van der Waals surface area contributed by atoms with Crippen molar-refractivity contribution in [2.75, 3.05) is 31.6 Å². The number of hydrogen-bond acceptors (Lipinski definition) is 3. The standard InChI is InChI=1S/C14H22BrN3/c1-3-12-10-18(7-6-17(12)2)13-5-4-11(9-16)14(15)8-13/h4-5,8,12H,3,6-7,9-10,16H2,1-2H3. The van der Waals surface area contributed by atoms with Crippen LogP contribution in [0.2, 0.25) is 0 Å². The van der Waals surface area contributed by atoms with Crippen molar-refractivity contribution in [2.24, 2.45) is 5.73 Å². The Bertz CT molecular complexity index is 408. The molecule has 2 rings (SSSR count). The molecule has 1 fully saturated rings. The van der Waals surface area contributed by atoms with Crippen LogP contribution in [0, 0.1) is 0 Å². The second-order valence-corrected chi connectivity index (χ2v) is 5.82. The van der Waals surface area contributed by atoms with Crippen molar-refractivity contribution in [3.05, 3.63) is 28.2 Å². The maximum Gasteiger partial charge on any atom is 0.0378 e. The molecule has 2 N–H and O–H groups in total. The second kappa shape index (κ2) is 6.04. The highest BCUT2D eigenvalue weighted by Gasteiger charge is 2.23. The van der Waals surface area contributed by atoms with Crippen LogP contribution in [0.25, 0.3) is 0 Å². The van der Waals surface area contributed by atoms with Crippen LogP contribution in [-0.4, -0.2) is 37.6 Å². The van der Waals surface area contributed by atoms with Gasteiger partial charge in [0.25, 0.3) is 0 Å². The Balaban J connectivity index is 2.14. The van der Waals surface area contributed by atoms with Crippen LogP contribution in [0.5, 0.6) is 0 Å². The fourth-order valence-corrected chi connectivity index (χ4v) is 3.05. The zero-order chi connectivity index (χ0) is 13.1. The maximum absolute atomic E-state index is 5.69. The lowest BCUT2D eigenvalue weighted by molar-refractivity contribution is 0.213. The van der Waals surface area contributed by atoms with Gasteiger partial charge in [0.05, 0.1) is 0 Å². The zero-order valence-electron chi connectivity index (χ0n) is 11.2. The van der Waals surface area contributed by atoms with E-state index in [4.69, 9.17) is 5.73 Å². The Hall–Kier alpha value is -0.580. The van der Waals surface area contributed by atoms with Gasteiger partial charge in [-0.15, -0.1) is 0 Å². The lowest BCUT2D eigenvalue weighted by atomic mass is 10.1. The summed E-state index contributed by atoms with van der Waals surface area (Å²) in [6, 6.07) is 7.16. The Morgan fingerprint density at radius 3 is 2.78 bits per heavy atom. The molecule has 0 bridgehead atoms. The molecule has 0 spiro atoms. The molecule has 1 saturated heterocycles. The van der Waals surface area contributed by atoms with Gasteiger partial charge in [0.15, 0.2) is 0 Å². The highest BCUT2D eigenvalue weighted by atomic mass is 79.9. The van der Waals surface area contributed by atoms with Crippen LogP contribution >= 0.6 is 15.9 Å². The van der Waals surface area contributed by atoms with Gasteiger partial charge in [-0.1, -0.05) is 28.9 Å². The van der Waals surface area contributed by atoms with Crippen LogP contribution in [0.3, 0.4) is 0 Å². The Morgan fingerprint density at radius 1 is 1.39 bits per heavy atom. The highest BCUT2D eigenvalue weighted by Crippen LogP contribution is 2.26. The minimum Gasteiger partial charge on any atom is -0.369 e. The van der Waals surface area contributed by atoms with E-state index in [0.717, 1.165) is 24.1 Å². The van der Waals surface area contributed by atoms with Crippen molar-refractivity contribution in [3.8, 4) is 0 Å². The van der Waals surface area contributed by atoms with E-state index in [1.165, 1.54) is 17.7 Å². The van der Waals surface area contributed by atoms with Crippen LogP contribution in [0.4, 0.5) is 5.69 Å². The number of hydrogen-bond donors (Lipinski definition) is 1. The zero-order valence-corrected chi connectivity index (χ0v) is 12.8. The number of halogens is 1. The number of nitrogens with two attached hydrogens (primary N) is 1. The third-order valence-electron chi connectivity index (χ3n) is 3.87. The van der Waals surface area contributed by atoms with Crippen molar-refractivity contribution in [1.29, 1.82) is 0 Å². The first-order valence-electron chi connectivity index (χ1n) is 6.59. The summed E-state index contributed by atoms with van der Waals surface area (Å²) in [5, 5.41) is 0. The van der Waals surface area contributed by atoms with Gasteiger partial charge in [-0.25, -0.2) is 0 Å². The molecular weight excluding hydrogens is 290 g/mol. The summed E-state index contributed by atoms with van der Waals surface area (Å²) in [5.74, 6) is 0. The molecule has 4 heteroatoms. The van der Waals surface area contributed by atoms with Crippen molar-refractivity contribution < 1.29 is 0 Å². The Kier molecular flexibility index (Phi) is 4.65. The first kappa shape index (κ1) is 13.8. The summed E-state index contributed by atoms with van der Waals surface area (Å²) in [6.45, 7) is 6.19. The average Bonchev–Trinajstić information content (AvgIpc) is 2.39. The van der Waals surface area contributed by atoms with Crippen LogP contribution < -0.4 is 10.6 Å². The normalized spacial score (nSPS) is 21.3. The van der Waals surface area contributed by atoms with Gasteiger partial charge < -0.3 is 10.6 Å². The minimum absolute atomic E-state index is 0.585. The van der Waals surface area contributed by atoms with E-state index in [9.17, 15) is 0 Å². The van der Waals surface area contributed by atoms with E-state index in [1.807, 2.05) is 0 Å². The number of rotatable bonds is 3. The molecule has 1 aromatic carbocycles. The number of likely N-dealkylation sites (N-methyl/N-ethyl adjacent to an activating group) is 1. The topological polar surface area (TPSA) is 32.5 Å². The predicted molar refractivity (Wildman–Crippen MR) is 81.0 cm³/mol. The minimum atomic E-state index is 0.585. The van der Waals surface area contributed by atoms with E-state index in [0.29, 0.717) is 12.6 Å². The molecule has 1 unspecified atom stereocenters. The largest absolute Gasteiger partial charge is 0.369 e. The van der Waals surface area contributed by atoms with E-state index >= 15 is 0 Å². The maximum atomic E-state index is 5.69. The summed E-state index contributed by atoms with van der Waals surface area (Å²) in [4.78, 5) is 4.93. The van der Waals surface area contributed by atoms with E-state index in [-0.39, 0.29) is 0 Å². The number of nitrogens with zero attached hydrogens (tertiary/aromatic N) is 2. The van der Waals surface area contributed by atoms with Crippen LogP contribution in [-0.2, 0) is 6.54 Å². The van der Waals surface area contributed by atoms with Gasteiger partial charge in [-0.05, 0) is 31.2 Å². The average molecular weight is 312 g/mol. The summed E-state index contributed by atoms with van der Waals surface area (Å²) in [7, 11) is 2.22. The fourth-order valence-electron chi connectivity index (χ4n) is 2.52. The third-order valence-corrected chi connectivity index (χ3v) is 4.61. The highest BCUT2D eigenvalue weighted by molar-refractivity contribution is 9.10. The summed E-state index contributed by atoms with van der Waals surface area (Å²) in [6.07, 6.45) is 1.20. The predicted octanol–water partition coefficient (Wildman–Crippen LogP) is 2.44. The van der Waals surface area contributed by atoms with Crippen LogP contribution in [0.15, 0.2) is 22.7 Å². The van der Waals surface area contributed by atoms with Crippen molar-refractivity contribution in [2.45, 2.75) is 25.9 Å². The molecule has 1 aromatic rings. The van der Waals surface area contributed by atoms with Crippen molar-refractivity contribution >= 4 is 21.6 Å². The number of benzene rings is 1. The molecule has 18 heavy (non-hydrogen) atoms. The van der Waals surface area contributed by atoms with Gasteiger partial charge in [0, 0.05) is 42.4 Å². The summed E-state index contributed by atoms with van der Waals surface area (Å²) < 4.78 is 1.12. The van der Waals surface area contributed by atoms with Crippen LogP contribution in [0.1, 0.15) is 18.9 Å². The van der Waals surface area contributed by atoms with Gasteiger partial charge in [0.1, 0.15) is 0 Å². The fraction of sp³-hybridized carbons (Fsp3) is 0.571. The molecule has 0 saturated carbocycles. The van der Waals surface area contributed by atoms with E-state index in [1.54, 1.807) is 0 Å². The monoisotopic (exact) mass is 311 g/mol. The van der Waals surface area contributed by atoms with Gasteiger partial charge >= 0.3 is 0 Å². The first-order chi connectivity index (χ1) is 8.65. The molecule has 0 amide bonds. The molecule has 0 aromatic heterocycles. The van der Waals surface area contributed by atoms with Gasteiger partial charge in [-0.3, -0.25) is 4.90 Å². The van der Waals surface area contributed by atoms with Gasteiger partial charge in [0.2, 0.25) is 0 Å². The molecule has 1 aliphatic heterocycles. The lowest BCUT2D eigenvalue weighted by Crippen LogP contribution is -2.51. The lowest BCUT2D eigenvalue weighted by Gasteiger charge is -2.40. The molecule has 0 aliphatic carbocycles. The van der Waals surface area contributed by atoms with E-state index in [2.05, 4.69) is 57.9 Å². The summed E-state index contributed by atoms with van der Waals surface area (Å²) in [5.41, 5.74) is 8.15. The smallest absolute Gasteiger partial charge is 0.0378 e. The number of piperazine rings is 1. The van der Waals surface area contributed by atoms with Crippen molar-refractivity contribution in [3.63, 3.8) is 0 Å². The molecular formula is C14H22BrN3. The Morgan fingerprint density at radius 2 is 2.17 bits per heavy atom. The Labute approximate surface area is 118 Å². The second-order valence-electron chi connectivity index (χ2n) is 4.97. The van der Waals surface area contributed by atoms with Crippen molar-refractivity contribution in [1.82, 2.24) is 4.90 Å². The third kappa shape index (κ3) is 2.87. The number of anilines is 1. The molecule has 3 nitrogen and oxygen atoms in total. The molecule has 1 aliphatic rings.